The monoisotopic (exact) mass is 497 g/mol. The van der Waals surface area contributed by atoms with Gasteiger partial charge in [-0.15, -0.1) is 0 Å². The molecule has 0 aliphatic carbocycles. The van der Waals surface area contributed by atoms with E-state index in [0.29, 0.717) is 0 Å². The summed E-state index contributed by atoms with van der Waals surface area (Å²) >= 11 is 11.6. The van der Waals surface area contributed by atoms with E-state index in [-0.39, 0.29) is 32.0 Å². The number of pyridine rings is 1. The van der Waals surface area contributed by atoms with Crippen LogP contribution in [0, 0.1) is 5.82 Å². The molecule has 0 saturated carbocycles. The number of ether oxygens (including phenoxy) is 1. The summed E-state index contributed by atoms with van der Waals surface area (Å²) in [5.41, 5.74) is 0.206. The molecule has 8 nitrogen and oxygen atoms in total. The standard InChI is InChI=1S/C20H14Cl2FN3O5S/c21-13-9-17(22)19(24-10-13)25-18(27)11-31-20(28)12-1-7-16(8-2-12)32(29,30)26-15-5-3-14(23)4-6-15/h1-10,26H,11H2,(H,24,25,27). The lowest BCUT2D eigenvalue weighted by Gasteiger charge is -2.09. The molecule has 0 aliphatic heterocycles. The maximum Gasteiger partial charge on any atom is 0.338 e. The van der Waals surface area contributed by atoms with E-state index < -0.39 is 34.3 Å². The summed E-state index contributed by atoms with van der Waals surface area (Å²) < 4.78 is 45.0. The Morgan fingerprint density at radius 2 is 1.69 bits per heavy atom. The molecule has 1 amide bonds. The third-order valence-electron chi connectivity index (χ3n) is 3.90. The van der Waals surface area contributed by atoms with Crippen molar-refractivity contribution in [1.29, 1.82) is 0 Å². The summed E-state index contributed by atoms with van der Waals surface area (Å²) in [5, 5.41) is 2.77. The molecular formula is C20H14Cl2FN3O5S. The lowest BCUT2D eigenvalue weighted by molar-refractivity contribution is -0.119. The van der Waals surface area contributed by atoms with Gasteiger partial charge in [-0.1, -0.05) is 23.2 Å². The van der Waals surface area contributed by atoms with Crippen LogP contribution in [0.15, 0.2) is 65.7 Å². The molecule has 0 saturated heterocycles. The van der Waals surface area contributed by atoms with Crippen LogP contribution in [0.1, 0.15) is 10.4 Å². The van der Waals surface area contributed by atoms with E-state index in [4.69, 9.17) is 27.9 Å². The molecule has 0 spiro atoms. The Hall–Kier alpha value is -3.21. The fourth-order valence-electron chi connectivity index (χ4n) is 2.39. The maximum atomic E-state index is 13.0. The Morgan fingerprint density at radius 3 is 2.31 bits per heavy atom. The Kier molecular flexibility index (Phi) is 7.29. The lowest BCUT2D eigenvalue weighted by Crippen LogP contribution is -2.21. The highest BCUT2D eigenvalue weighted by Crippen LogP contribution is 2.22. The van der Waals surface area contributed by atoms with Gasteiger partial charge in [0.25, 0.3) is 15.9 Å². The molecule has 0 fully saturated rings. The molecule has 166 valence electrons. The topological polar surface area (TPSA) is 114 Å². The van der Waals surface area contributed by atoms with Crippen LogP contribution in [0.25, 0.3) is 0 Å². The zero-order valence-electron chi connectivity index (χ0n) is 16.0. The number of anilines is 2. The van der Waals surface area contributed by atoms with Gasteiger partial charge in [0.1, 0.15) is 5.82 Å². The Bertz CT molecular complexity index is 1250. The van der Waals surface area contributed by atoms with Gasteiger partial charge in [-0.05, 0) is 54.6 Å². The van der Waals surface area contributed by atoms with Crippen molar-refractivity contribution in [2.75, 3.05) is 16.6 Å². The van der Waals surface area contributed by atoms with Gasteiger partial charge >= 0.3 is 5.97 Å². The molecule has 0 atom stereocenters. The first-order chi connectivity index (χ1) is 15.1. The molecule has 12 heteroatoms. The average Bonchev–Trinajstić information content (AvgIpc) is 2.75. The van der Waals surface area contributed by atoms with E-state index in [2.05, 4.69) is 15.0 Å². The van der Waals surface area contributed by atoms with Gasteiger partial charge in [-0.25, -0.2) is 22.6 Å². The molecule has 3 aromatic rings. The smallest absolute Gasteiger partial charge is 0.338 e. The molecule has 3 rings (SSSR count). The molecule has 0 bridgehead atoms. The van der Waals surface area contributed by atoms with Crippen molar-refractivity contribution in [3.05, 3.63) is 82.2 Å². The number of nitrogens with zero attached hydrogens (tertiary/aromatic N) is 1. The first kappa shape index (κ1) is 23.5. The zero-order chi connectivity index (χ0) is 23.3. The van der Waals surface area contributed by atoms with Gasteiger partial charge in [0.15, 0.2) is 12.4 Å². The van der Waals surface area contributed by atoms with Crippen LogP contribution in [-0.2, 0) is 19.6 Å². The quantitative estimate of drug-likeness (QED) is 0.474. The number of hydrogen-bond acceptors (Lipinski definition) is 6. The van der Waals surface area contributed by atoms with Crippen molar-refractivity contribution in [1.82, 2.24) is 4.98 Å². The summed E-state index contributed by atoms with van der Waals surface area (Å²) in [5.74, 6) is -1.97. The lowest BCUT2D eigenvalue weighted by atomic mass is 10.2. The maximum absolute atomic E-state index is 13.0. The highest BCUT2D eigenvalue weighted by Gasteiger charge is 2.17. The minimum Gasteiger partial charge on any atom is -0.452 e. The Balaban J connectivity index is 1.58. The number of carbonyl (C=O) groups is 2. The van der Waals surface area contributed by atoms with E-state index in [9.17, 15) is 22.4 Å². The summed E-state index contributed by atoms with van der Waals surface area (Å²) in [6, 6.07) is 11.0. The number of nitrogens with one attached hydrogen (secondary N) is 2. The molecule has 0 unspecified atom stereocenters. The van der Waals surface area contributed by atoms with Crippen LogP contribution in [0.5, 0.6) is 0 Å². The minimum atomic E-state index is -3.95. The second-order valence-electron chi connectivity index (χ2n) is 6.25. The molecule has 1 heterocycles. The highest BCUT2D eigenvalue weighted by atomic mass is 35.5. The van der Waals surface area contributed by atoms with E-state index in [1.54, 1.807) is 0 Å². The third kappa shape index (κ3) is 6.16. The van der Waals surface area contributed by atoms with Gasteiger partial charge < -0.3 is 10.1 Å². The van der Waals surface area contributed by atoms with Crippen molar-refractivity contribution in [3.8, 4) is 0 Å². The Morgan fingerprint density at radius 1 is 1.03 bits per heavy atom. The first-order valence-corrected chi connectivity index (χ1v) is 11.0. The summed E-state index contributed by atoms with van der Waals surface area (Å²) in [6.45, 7) is -0.619. The fraction of sp³-hybridized carbons (Fsp3) is 0.0500. The predicted molar refractivity (Wildman–Crippen MR) is 117 cm³/mol. The van der Waals surface area contributed by atoms with Crippen LogP contribution in [-0.4, -0.2) is 31.9 Å². The molecule has 2 N–H and O–H groups in total. The van der Waals surface area contributed by atoms with Crippen molar-refractivity contribution in [2.45, 2.75) is 4.90 Å². The Labute approximate surface area is 192 Å². The van der Waals surface area contributed by atoms with Gasteiger partial charge in [-0.2, -0.15) is 0 Å². The first-order valence-electron chi connectivity index (χ1n) is 8.80. The van der Waals surface area contributed by atoms with Crippen LogP contribution >= 0.6 is 23.2 Å². The average molecular weight is 498 g/mol. The van der Waals surface area contributed by atoms with Crippen LogP contribution in [0.2, 0.25) is 10.0 Å². The summed E-state index contributed by atoms with van der Waals surface area (Å²) in [6.07, 6.45) is 1.29. The molecule has 2 aromatic carbocycles. The number of carbonyl (C=O) groups excluding carboxylic acids is 2. The van der Waals surface area contributed by atoms with Crippen LogP contribution in [0.4, 0.5) is 15.9 Å². The summed E-state index contributed by atoms with van der Waals surface area (Å²) in [7, 11) is -3.95. The van der Waals surface area contributed by atoms with Crippen molar-refractivity contribution in [3.63, 3.8) is 0 Å². The second kappa shape index (κ2) is 9.94. The molecule has 0 radical (unpaired) electrons. The van der Waals surface area contributed by atoms with Gasteiger partial charge in [-0.3, -0.25) is 9.52 Å². The van der Waals surface area contributed by atoms with E-state index in [0.717, 1.165) is 12.1 Å². The van der Waals surface area contributed by atoms with Crippen LogP contribution < -0.4 is 10.0 Å². The number of halogens is 3. The van der Waals surface area contributed by atoms with Crippen molar-refractivity contribution >= 4 is 56.6 Å². The van der Waals surface area contributed by atoms with E-state index in [1.807, 2.05) is 0 Å². The van der Waals surface area contributed by atoms with Crippen molar-refractivity contribution in [2.24, 2.45) is 0 Å². The van der Waals surface area contributed by atoms with Gasteiger partial charge in [0, 0.05) is 11.9 Å². The number of amides is 1. The number of rotatable bonds is 7. The molecular weight excluding hydrogens is 484 g/mol. The molecule has 1 aromatic heterocycles. The normalized spacial score (nSPS) is 11.0. The number of benzene rings is 2. The third-order valence-corrected chi connectivity index (χ3v) is 5.79. The number of aromatic nitrogens is 1. The molecule has 32 heavy (non-hydrogen) atoms. The van der Waals surface area contributed by atoms with Gasteiger partial charge in [0.05, 0.1) is 20.5 Å². The number of esters is 1. The summed E-state index contributed by atoms with van der Waals surface area (Å²) in [4.78, 5) is 27.8. The minimum absolute atomic E-state index is 0.0289. The van der Waals surface area contributed by atoms with E-state index >= 15 is 0 Å². The number of hydrogen-bond donors (Lipinski definition) is 2. The van der Waals surface area contributed by atoms with Crippen LogP contribution in [0.3, 0.4) is 0 Å². The largest absolute Gasteiger partial charge is 0.452 e. The highest BCUT2D eigenvalue weighted by molar-refractivity contribution is 7.92. The predicted octanol–water partition coefficient (Wildman–Crippen LogP) is 4.12. The SMILES string of the molecule is O=C(COC(=O)c1ccc(S(=O)(=O)Nc2ccc(F)cc2)cc1)Nc1ncc(Cl)cc1Cl. The van der Waals surface area contributed by atoms with E-state index in [1.165, 1.54) is 48.7 Å². The molecule has 0 aliphatic rings. The zero-order valence-corrected chi connectivity index (χ0v) is 18.3. The number of sulfonamides is 1. The fourth-order valence-corrected chi connectivity index (χ4v) is 3.88. The van der Waals surface area contributed by atoms with Gasteiger partial charge in [0.2, 0.25) is 0 Å². The second-order valence-corrected chi connectivity index (χ2v) is 8.77. The van der Waals surface area contributed by atoms with Crippen molar-refractivity contribution < 1.29 is 27.1 Å².